The van der Waals surface area contributed by atoms with Crippen molar-refractivity contribution in [3.05, 3.63) is 59.8 Å². The third-order valence-corrected chi connectivity index (χ3v) is 4.42. The van der Waals surface area contributed by atoms with Crippen LogP contribution in [0.4, 0.5) is 13.2 Å². The summed E-state index contributed by atoms with van der Waals surface area (Å²) in [6, 6.07) is 9.06. The minimum atomic E-state index is -4.43. The lowest BCUT2D eigenvalue weighted by Gasteiger charge is -2.14. The van der Waals surface area contributed by atoms with E-state index in [-0.39, 0.29) is 23.4 Å². The molecule has 6 nitrogen and oxygen atoms in total. The summed E-state index contributed by atoms with van der Waals surface area (Å²) in [6.07, 6.45) is -3.02. The first-order chi connectivity index (χ1) is 14.7. The fraction of sp³-hybridized carbons (Fsp3) is 0.273. The summed E-state index contributed by atoms with van der Waals surface area (Å²) < 4.78 is 54.4. The summed E-state index contributed by atoms with van der Waals surface area (Å²) in [4.78, 5) is 16.8. The molecule has 0 fully saturated rings. The average molecular weight is 434 g/mol. The molecule has 31 heavy (non-hydrogen) atoms. The summed E-state index contributed by atoms with van der Waals surface area (Å²) in [5.41, 5.74) is -0.00166. The first kappa shape index (κ1) is 22.4. The largest absolute Gasteiger partial charge is 0.497 e. The number of nitrogens with one attached hydrogen (secondary N) is 1. The lowest BCUT2D eigenvalue weighted by Crippen LogP contribution is -2.35. The Bertz CT molecular complexity index is 1070. The van der Waals surface area contributed by atoms with Crippen LogP contribution in [0.1, 0.15) is 22.8 Å². The highest BCUT2D eigenvalue weighted by molar-refractivity contribution is 5.98. The number of carbonyl (C=O) groups excluding carboxylic acids is 1. The average Bonchev–Trinajstić information content (AvgIpc) is 2.73. The predicted molar refractivity (Wildman–Crippen MR) is 109 cm³/mol. The van der Waals surface area contributed by atoms with Gasteiger partial charge in [0.05, 0.1) is 24.8 Å². The van der Waals surface area contributed by atoms with Crippen molar-refractivity contribution < 1.29 is 32.2 Å². The van der Waals surface area contributed by atoms with Gasteiger partial charge in [0, 0.05) is 30.8 Å². The lowest BCUT2D eigenvalue weighted by atomic mass is 10.1. The van der Waals surface area contributed by atoms with E-state index in [1.165, 1.54) is 25.4 Å². The van der Waals surface area contributed by atoms with Crippen LogP contribution in [0.2, 0.25) is 0 Å². The number of rotatable bonds is 7. The molecule has 0 bridgehead atoms. The molecule has 9 heteroatoms. The molecule has 3 aromatic rings. The lowest BCUT2D eigenvalue weighted by molar-refractivity contribution is -0.137. The van der Waals surface area contributed by atoms with Gasteiger partial charge in [-0.3, -0.25) is 9.78 Å². The molecule has 1 aromatic heterocycles. The van der Waals surface area contributed by atoms with Gasteiger partial charge in [-0.2, -0.15) is 13.2 Å². The Kier molecular flexibility index (Phi) is 6.65. The smallest absolute Gasteiger partial charge is 0.416 e. The Morgan fingerprint density at radius 2 is 1.81 bits per heavy atom. The molecule has 2 aromatic carbocycles. The number of carbonyl (C=O) groups is 1. The van der Waals surface area contributed by atoms with Gasteiger partial charge in [0.1, 0.15) is 17.0 Å². The van der Waals surface area contributed by atoms with Crippen LogP contribution in [0.3, 0.4) is 0 Å². The molecule has 1 amide bonds. The normalized spacial score (nSPS) is 12.5. The molecule has 0 aliphatic carbocycles. The standard InChI is InChI=1S/C22H21F3N2O4/c1-13(12-29-2)27-21(28)15-8-14-9-18(30-3)10-19(20(14)26-11-15)31-17-6-4-16(5-7-17)22(23,24)25/h4-11,13H,12H2,1-3H3,(H,27,28)/t13-/m0/s1. The molecular formula is C22H21F3N2O4. The number of hydrogen-bond acceptors (Lipinski definition) is 5. The second-order valence-electron chi connectivity index (χ2n) is 6.88. The van der Waals surface area contributed by atoms with E-state index in [1.807, 2.05) is 6.92 Å². The molecule has 1 atom stereocenters. The summed E-state index contributed by atoms with van der Waals surface area (Å²) >= 11 is 0. The molecule has 1 N–H and O–H groups in total. The van der Waals surface area contributed by atoms with Crippen LogP contribution in [0.25, 0.3) is 10.9 Å². The maximum atomic E-state index is 12.8. The Balaban J connectivity index is 1.92. The molecule has 0 spiro atoms. The van der Waals surface area contributed by atoms with Crippen LogP contribution in [0.5, 0.6) is 17.2 Å². The topological polar surface area (TPSA) is 69.7 Å². The Morgan fingerprint density at radius 1 is 1.10 bits per heavy atom. The van der Waals surface area contributed by atoms with E-state index >= 15 is 0 Å². The number of halogens is 3. The van der Waals surface area contributed by atoms with Crippen molar-refractivity contribution in [2.75, 3.05) is 20.8 Å². The van der Waals surface area contributed by atoms with Crippen molar-refractivity contribution in [1.82, 2.24) is 10.3 Å². The van der Waals surface area contributed by atoms with Gasteiger partial charge < -0.3 is 19.5 Å². The van der Waals surface area contributed by atoms with E-state index < -0.39 is 11.7 Å². The number of aromatic nitrogens is 1. The van der Waals surface area contributed by atoms with Gasteiger partial charge in [-0.05, 0) is 43.3 Å². The van der Waals surface area contributed by atoms with Gasteiger partial charge in [0.25, 0.3) is 5.91 Å². The van der Waals surface area contributed by atoms with Crippen LogP contribution < -0.4 is 14.8 Å². The Morgan fingerprint density at radius 3 is 2.42 bits per heavy atom. The van der Waals surface area contributed by atoms with E-state index in [4.69, 9.17) is 14.2 Å². The number of benzene rings is 2. The van der Waals surface area contributed by atoms with Gasteiger partial charge in [-0.1, -0.05) is 0 Å². The second-order valence-corrected chi connectivity index (χ2v) is 6.88. The van der Waals surface area contributed by atoms with Gasteiger partial charge in [0.2, 0.25) is 0 Å². The van der Waals surface area contributed by atoms with Crippen molar-refractivity contribution >= 4 is 16.8 Å². The first-order valence-corrected chi connectivity index (χ1v) is 9.34. The Labute approximate surface area is 176 Å². The highest BCUT2D eigenvalue weighted by Crippen LogP contribution is 2.35. The van der Waals surface area contributed by atoms with Crippen LogP contribution in [-0.4, -0.2) is 37.8 Å². The number of nitrogens with zero attached hydrogens (tertiary/aromatic N) is 1. The number of fused-ring (bicyclic) bond motifs is 1. The molecular weight excluding hydrogens is 413 g/mol. The highest BCUT2D eigenvalue weighted by atomic mass is 19.4. The zero-order chi connectivity index (χ0) is 22.6. The van der Waals surface area contributed by atoms with Crippen molar-refractivity contribution in [3.63, 3.8) is 0 Å². The number of hydrogen-bond donors (Lipinski definition) is 1. The summed E-state index contributed by atoms with van der Waals surface area (Å²) in [7, 11) is 3.02. The third-order valence-electron chi connectivity index (χ3n) is 4.42. The number of methoxy groups -OCH3 is 2. The molecule has 0 radical (unpaired) electrons. The van der Waals surface area contributed by atoms with E-state index in [9.17, 15) is 18.0 Å². The molecule has 0 unspecified atom stereocenters. The van der Waals surface area contributed by atoms with E-state index in [1.54, 1.807) is 25.3 Å². The monoisotopic (exact) mass is 434 g/mol. The highest BCUT2D eigenvalue weighted by Gasteiger charge is 2.30. The van der Waals surface area contributed by atoms with Crippen LogP contribution in [0, 0.1) is 0 Å². The van der Waals surface area contributed by atoms with Crippen molar-refractivity contribution in [1.29, 1.82) is 0 Å². The quantitative estimate of drug-likeness (QED) is 0.578. The van der Waals surface area contributed by atoms with Crippen molar-refractivity contribution in [2.45, 2.75) is 19.1 Å². The Hall–Kier alpha value is -3.33. The van der Waals surface area contributed by atoms with Gasteiger partial charge in [-0.15, -0.1) is 0 Å². The van der Waals surface area contributed by atoms with Crippen molar-refractivity contribution in [2.24, 2.45) is 0 Å². The summed E-state index contributed by atoms with van der Waals surface area (Å²) in [5.74, 6) is 0.627. The SMILES string of the molecule is COC[C@H](C)NC(=O)c1cnc2c(Oc3ccc(C(F)(F)F)cc3)cc(OC)cc2c1. The fourth-order valence-corrected chi connectivity index (χ4v) is 2.95. The third kappa shape index (κ3) is 5.43. The van der Waals surface area contributed by atoms with E-state index in [0.717, 1.165) is 12.1 Å². The number of alkyl halides is 3. The van der Waals surface area contributed by atoms with Crippen LogP contribution in [-0.2, 0) is 10.9 Å². The summed E-state index contributed by atoms with van der Waals surface area (Å²) in [5, 5.41) is 3.38. The minimum absolute atomic E-state index is 0.183. The zero-order valence-electron chi connectivity index (χ0n) is 17.1. The van der Waals surface area contributed by atoms with Crippen LogP contribution >= 0.6 is 0 Å². The number of ether oxygens (including phenoxy) is 3. The number of pyridine rings is 1. The van der Waals surface area contributed by atoms with Gasteiger partial charge in [-0.25, -0.2) is 0 Å². The van der Waals surface area contributed by atoms with Gasteiger partial charge >= 0.3 is 6.18 Å². The molecule has 3 rings (SSSR count). The van der Waals surface area contributed by atoms with Gasteiger partial charge in [0.15, 0.2) is 5.75 Å². The zero-order valence-corrected chi connectivity index (χ0v) is 17.1. The molecule has 0 aliphatic rings. The van der Waals surface area contributed by atoms with Crippen LogP contribution in [0.15, 0.2) is 48.7 Å². The molecule has 0 saturated carbocycles. The maximum absolute atomic E-state index is 12.8. The molecule has 1 heterocycles. The maximum Gasteiger partial charge on any atom is 0.416 e. The fourth-order valence-electron chi connectivity index (χ4n) is 2.95. The summed E-state index contributed by atoms with van der Waals surface area (Å²) in [6.45, 7) is 2.18. The first-order valence-electron chi connectivity index (χ1n) is 9.34. The number of amides is 1. The molecule has 0 saturated heterocycles. The minimum Gasteiger partial charge on any atom is -0.497 e. The predicted octanol–water partition coefficient (Wildman–Crippen LogP) is 4.82. The van der Waals surface area contributed by atoms with E-state index in [0.29, 0.717) is 28.8 Å². The second kappa shape index (κ2) is 9.22. The van der Waals surface area contributed by atoms with Crippen molar-refractivity contribution in [3.8, 4) is 17.2 Å². The van der Waals surface area contributed by atoms with E-state index in [2.05, 4.69) is 10.3 Å². The molecule has 0 aliphatic heterocycles. The molecule has 164 valence electrons.